The Morgan fingerprint density at radius 3 is 2.89 bits per heavy atom. The van der Waals surface area contributed by atoms with E-state index in [0.717, 1.165) is 12.5 Å². The largest absolute Gasteiger partial charge is 0.508 e. The highest BCUT2D eigenvalue weighted by molar-refractivity contribution is 5.38. The molecule has 1 saturated heterocycles. The molecule has 3 atom stereocenters. The third-order valence-corrected chi connectivity index (χ3v) is 5.09. The number of rotatable bonds is 2. The van der Waals surface area contributed by atoms with Crippen molar-refractivity contribution < 1.29 is 5.11 Å². The van der Waals surface area contributed by atoms with E-state index in [1.165, 1.54) is 43.2 Å². The second-order valence-electron chi connectivity index (χ2n) is 6.23. The molecule has 1 aromatic carbocycles. The third-order valence-electron chi connectivity index (χ3n) is 5.09. The number of nitrogens with zero attached hydrogens (tertiary/aromatic N) is 1. The zero-order valence-electron chi connectivity index (χ0n) is 12.1. The topological polar surface area (TPSA) is 23.5 Å². The van der Waals surface area contributed by atoms with Gasteiger partial charge in [0.05, 0.1) is 0 Å². The summed E-state index contributed by atoms with van der Waals surface area (Å²) in [6.07, 6.45) is 7.59. The van der Waals surface area contributed by atoms with E-state index in [1.807, 2.05) is 12.1 Å². The van der Waals surface area contributed by atoms with Gasteiger partial charge in [-0.2, -0.15) is 0 Å². The molecule has 0 radical (unpaired) electrons. The van der Waals surface area contributed by atoms with Crippen molar-refractivity contribution in [3.05, 3.63) is 29.3 Å². The molecule has 1 aliphatic carbocycles. The van der Waals surface area contributed by atoms with E-state index in [-0.39, 0.29) is 0 Å². The van der Waals surface area contributed by atoms with Gasteiger partial charge in [-0.25, -0.2) is 0 Å². The van der Waals surface area contributed by atoms with E-state index in [2.05, 4.69) is 24.8 Å². The lowest BCUT2D eigenvalue weighted by Gasteiger charge is -2.39. The Morgan fingerprint density at radius 1 is 1.26 bits per heavy atom. The molecule has 1 N–H and O–H groups in total. The van der Waals surface area contributed by atoms with E-state index in [0.29, 0.717) is 17.8 Å². The summed E-state index contributed by atoms with van der Waals surface area (Å²) in [7, 11) is 0. The van der Waals surface area contributed by atoms with Gasteiger partial charge in [0, 0.05) is 18.1 Å². The summed E-state index contributed by atoms with van der Waals surface area (Å²) in [5.74, 6) is 0.418. The zero-order valence-corrected chi connectivity index (χ0v) is 12.1. The highest BCUT2D eigenvalue weighted by Crippen LogP contribution is 2.42. The molecule has 1 aliphatic heterocycles. The van der Waals surface area contributed by atoms with Crippen molar-refractivity contribution in [2.45, 2.75) is 70.5 Å². The highest BCUT2D eigenvalue weighted by atomic mass is 16.3. The first kappa shape index (κ1) is 13.0. The average molecular weight is 259 g/mol. The van der Waals surface area contributed by atoms with Gasteiger partial charge in [-0.15, -0.1) is 0 Å². The molecule has 2 nitrogen and oxygen atoms in total. The summed E-state index contributed by atoms with van der Waals surface area (Å²) >= 11 is 0. The molecule has 1 aromatic rings. The van der Waals surface area contributed by atoms with E-state index in [1.54, 1.807) is 0 Å². The van der Waals surface area contributed by atoms with Crippen LogP contribution in [0.4, 0.5) is 0 Å². The Kier molecular flexibility index (Phi) is 3.53. The fourth-order valence-corrected chi connectivity index (χ4v) is 4.15. The van der Waals surface area contributed by atoms with Gasteiger partial charge in [0.25, 0.3) is 0 Å². The lowest BCUT2D eigenvalue weighted by Crippen LogP contribution is -2.39. The Balaban J connectivity index is 1.94. The minimum absolute atomic E-state index is 0.418. The van der Waals surface area contributed by atoms with E-state index in [9.17, 15) is 5.11 Å². The van der Waals surface area contributed by atoms with Crippen molar-refractivity contribution >= 4 is 0 Å². The van der Waals surface area contributed by atoms with E-state index >= 15 is 0 Å². The van der Waals surface area contributed by atoms with Crippen LogP contribution in [0.3, 0.4) is 0 Å². The van der Waals surface area contributed by atoms with Gasteiger partial charge in [0.2, 0.25) is 0 Å². The molecular weight excluding hydrogens is 234 g/mol. The molecule has 0 aromatic heterocycles. The molecule has 0 saturated carbocycles. The smallest absolute Gasteiger partial charge is 0.115 e. The lowest BCUT2D eigenvalue weighted by molar-refractivity contribution is 0.119. The Morgan fingerprint density at radius 2 is 2.11 bits per heavy atom. The first-order valence-corrected chi connectivity index (χ1v) is 7.80. The van der Waals surface area contributed by atoms with Gasteiger partial charge in [-0.3, -0.25) is 4.90 Å². The van der Waals surface area contributed by atoms with E-state index in [4.69, 9.17) is 0 Å². The summed E-state index contributed by atoms with van der Waals surface area (Å²) in [6, 6.07) is 8.02. The van der Waals surface area contributed by atoms with Crippen LogP contribution in [-0.4, -0.2) is 22.1 Å². The van der Waals surface area contributed by atoms with Crippen molar-refractivity contribution in [3.63, 3.8) is 0 Å². The standard InChI is InChI=1S/C17H25NO/c1-3-14-8-7-12(2)18(14)17-6-4-5-13-11-15(19)9-10-16(13)17/h9-12,14,17,19H,3-8H2,1-2H3. The van der Waals surface area contributed by atoms with E-state index < -0.39 is 0 Å². The van der Waals surface area contributed by atoms with Crippen molar-refractivity contribution in [1.82, 2.24) is 4.90 Å². The molecule has 104 valence electrons. The van der Waals surface area contributed by atoms with Crippen LogP contribution >= 0.6 is 0 Å². The predicted octanol–water partition coefficient (Wildman–Crippen LogP) is 4.03. The molecule has 2 aliphatic rings. The fraction of sp³-hybridized carbons (Fsp3) is 0.647. The highest BCUT2D eigenvalue weighted by Gasteiger charge is 2.37. The van der Waals surface area contributed by atoms with Gasteiger partial charge >= 0.3 is 0 Å². The second-order valence-corrected chi connectivity index (χ2v) is 6.23. The molecule has 3 unspecified atom stereocenters. The number of phenolic OH excluding ortho intramolecular Hbond substituents is 1. The molecule has 0 bridgehead atoms. The Labute approximate surface area is 116 Å². The number of likely N-dealkylation sites (tertiary alicyclic amines) is 1. The molecular formula is C17H25NO. The number of hydrogen-bond acceptors (Lipinski definition) is 2. The normalized spacial score (nSPS) is 31.4. The van der Waals surface area contributed by atoms with Crippen LogP contribution in [0.2, 0.25) is 0 Å². The van der Waals surface area contributed by atoms with Crippen molar-refractivity contribution in [1.29, 1.82) is 0 Å². The first-order valence-electron chi connectivity index (χ1n) is 7.80. The van der Waals surface area contributed by atoms with Crippen LogP contribution in [0.1, 0.15) is 63.1 Å². The monoisotopic (exact) mass is 259 g/mol. The first-order chi connectivity index (χ1) is 9.20. The van der Waals surface area contributed by atoms with Crippen molar-refractivity contribution in [3.8, 4) is 5.75 Å². The van der Waals surface area contributed by atoms with Crippen molar-refractivity contribution in [2.75, 3.05) is 0 Å². The number of aromatic hydroxyl groups is 1. The number of fused-ring (bicyclic) bond motifs is 1. The van der Waals surface area contributed by atoms with Crippen LogP contribution in [0.25, 0.3) is 0 Å². The number of hydrogen-bond donors (Lipinski definition) is 1. The molecule has 0 spiro atoms. The quantitative estimate of drug-likeness (QED) is 0.866. The summed E-state index contributed by atoms with van der Waals surface area (Å²) < 4.78 is 0. The Hall–Kier alpha value is -1.02. The van der Waals surface area contributed by atoms with Crippen LogP contribution in [-0.2, 0) is 6.42 Å². The molecule has 1 heterocycles. The molecule has 0 amide bonds. The van der Waals surface area contributed by atoms with Crippen LogP contribution in [0.5, 0.6) is 5.75 Å². The van der Waals surface area contributed by atoms with Gasteiger partial charge in [-0.05, 0) is 68.7 Å². The number of benzene rings is 1. The maximum Gasteiger partial charge on any atom is 0.115 e. The summed E-state index contributed by atoms with van der Waals surface area (Å²) in [5, 5.41) is 9.68. The predicted molar refractivity (Wildman–Crippen MR) is 78.4 cm³/mol. The minimum atomic E-state index is 0.418. The minimum Gasteiger partial charge on any atom is -0.508 e. The number of aryl methyl sites for hydroxylation is 1. The van der Waals surface area contributed by atoms with Gasteiger partial charge in [0.15, 0.2) is 0 Å². The fourth-order valence-electron chi connectivity index (χ4n) is 4.15. The van der Waals surface area contributed by atoms with Gasteiger partial charge < -0.3 is 5.11 Å². The Bertz CT molecular complexity index is 457. The maximum absolute atomic E-state index is 9.68. The molecule has 1 fully saturated rings. The lowest BCUT2D eigenvalue weighted by atomic mass is 9.86. The van der Waals surface area contributed by atoms with Crippen LogP contribution in [0.15, 0.2) is 18.2 Å². The summed E-state index contributed by atoms with van der Waals surface area (Å²) in [5.41, 5.74) is 2.83. The van der Waals surface area contributed by atoms with Crippen LogP contribution < -0.4 is 0 Å². The SMILES string of the molecule is CCC1CCC(C)N1C1CCCc2cc(O)ccc21. The maximum atomic E-state index is 9.68. The molecule has 19 heavy (non-hydrogen) atoms. The molecule has 3 rings (SSSR count). The molecule has 2 heteroatoms. The summed E-state index contributed by atoms with van der Waals surface area (Å²) in [6.45, 7) is 4.70. The second kappa shape index (κ2) is 5.16. The van der Waals surface area contributed by atoms with Gasteiger partial charge in [0.1, 0.15) is 5.75 Å². The van der Waals surface area contributed by atoms with Crippen LogP contribution in [0, 0.1) is 0 Å². The zero-order chi connectivity index (χ0) is 13.4. The average Bonchev–Trinajstić information content (AvgIpc) is 2.78. The number of phenols is 1. The summed E-state index contributed by atoms with van der Waals surface area (Å²) in [4.78, 5) is 2.76. The van der Waals surface area contributed by atoms with Gasteiger partial charge in [-0.1, -0.05) is 13.0 Å². The van der Waals surface area contributed by atoms with Crippen molar-refractivity contribution in [2.24, 2.45) is 0 Å². The third kappa shape index (κ3) is 2.27.